The largest absolute Gasteiger partial charge is 0.469 e. The Morgan fingerprint density at radius 2 is 1.75 bits per heavy atom. The van der Waals surface area contributed by atoms with Gasteiger partial charge in [-0.1, -0.05) is 19.3 Å². The van der Waals surface area contributed by atoms with Gasteiger partial charge in [0.15, 0.2) is 0 Å². The van der Waals surface area contributed by atoms with Crippen molar-refractivity contribution in [3.8, 4) is 0 Å². The number of alkyl carbamates (subject to hydrolysis) is 1. The Morgan fingerprint density at radius 1 is 1.08 bits per heavy atom. The highest BCUT2D eigenvalue weighted by Gasteiger charge is 2.38. The molecule has 1 saturated carbocycles. The van der Waals surface area contributed by atoms with E-state index in [9.17, 15) is 9.59 Å². The van der Waals surface area contributed by atoms with Crippen LogP contribution in [0.5, 0.6) is 0 Å². The summed E-state index contributed by atoms with van der Waals surface area (Å²) >= 11 is 0. The molecule has 0 radical (unpaired) electrons. The molecule has 0 spiro atoms. The van der Waals surface area contributed by atoms with E-state index in [2.05, 4.69) is 10.2 Å². The first kappa shape index (κ1) is 19.0. The van der Waals surface area contributed by atoms with Crippen LogP contribution in [0.4, 0.5) is 4.79 Å². The Morgan fingerprint density at radius 3 is 2.33 bits per heavy atom. The first-order chi connectivity index (χ1) is 11.3. The van der Waals surface area contributed by atoms with Gasteiger partial charge in [-0.3, -0.25) is 9.69 Å². The number of carbonyl (C=O) groups is 2. The van der Waals surface area contributed by atoms with E-state index in [1.807, 2.05) is 20.8 Å². The molecule has 6 nitrogen and oxygen atoms in total. The Hall–Kier alpha value is -1.30. The molecule has 2 aliphatic rings. The van der Waals surface area contributed by atoms with Crippen molar-refractivity contribution in [2.24, 2.45) is 5.92 Å². The third kappa shape index (κ3) is 5.36. The average Bonchev–Trinajstić information content (AvgIpc) is 2.53. The van der Waals surface area contributed by atoms with Gasteiger partial charge in [-0.25, -0.2) is 4.79 Å². The second-order valence-corrected chi connectivity index (χ2v) is 7.96. The van der Waals surface area contributed by atoms with E-state index in [1.54, 1.807) is 0 Å². The van der Waals surface area contributed by atoms with Crippen LogP contribution in [0.1, 0.15) is 59.3 Å². The maximum Gasteiger partial charge on any atom is 0.407 e. The first-order valence-electron chi connectivity index (χ1n) is 9.11. The highest BCUT2D eigenvalue weighted by molar-refractivity contribution is 5.75. The van der Waals surface area contributed by atoms with Gasteiger partial charge in [-0.2, -0.15) is 0 Å². The molecule has 2 rings (SSSR count). The van der Waals surface area contributed by atoms with Crippen molar-refractivity contribution >= 4 is 12.1 Å². The fraction of sp³-hybridized carbons (Fsp3) is 0.889. The van der Waals surface area contributed by atoms with Gasteiger partial charge < -0.3 is 14.8 Å². The maximum atomic E-state index is 12.2. The molecule has 1 saturated heterocycles. The van der Waals surface area contributed by atoms with Crippen molar-refractivity contribution in [1.82, 2.24) is 10.2 Å². The SMILES string of the molecule is COC(=O)[C@@H]1CN(C2CCCCC2)CC[C@H]1NC(=O)OC(C)(C)C. The molecular weight excluding hydrogens is 308 g/mol. The van der Waals surface area contributed by atoms with Crippen LogP contribution in [0.25, 0.3) is 0 Å². The van der Waals surface area contributed by atoms with E-state index in [-0.39, 0.29) is 17.9 Å². The molecule has 0 aromatic heterocycles. The number of ether oxygens (including phenoxy) is 2. The molecule has 24 heavy (non-hydrogen) atoms. The van der Waals surface area contributed by atoms with Gasteiger partial charge >= 0.3 is 12.1 Å². The molecule has 1 amide bonds. The molecule has 2 fully saturated rings. The van der Waals surface area contributed by atoms with Crippen molar-refractivity contribution < 1.29 is 19.1 Å². The Kier molecular flexibility index (Phi) is 6.49. The van der Waals surface area contributed by atoms with E-state index in [4.69, 9.17) is 9.47 Å². The van der Waals surface area contributed by atoms with Crippen LogP contribution in [0, 0.1) is 5.92 Å². The number of likely N-dealkylation sites (tertiary alicyclic amines) is 1. The minimum absolute atomic E-state index is 0.229. The zero-order valence-corrected chi connectivity index (χ0v) is 15.5. The minimum atomic E-state index is -0.548. The van der Waals surface area contributed by atoms with Gasteiger partial charge in [0, 0.05) is 25.2 Å². The third-order valence-electron chi connectivity index (χ3n) is 4.94. The number of esters is 1. The quantitative estimate of drug-likeness (QED) is 0.800. The number of piperidine rings is 1. The van der Waals surface area contributed by atoms with Gasteiger partial charge in [0.05, 0.1) is 13.0 Å². The van der Waals surface area contributed by atoms with E-state index in [0.29, 0.717) is 12.6 Å². The summed E-state index contributed by atoms with van der Waals surface area (Å²) in [7, 11) is 1.41. The summed E-state index contributed by atoms with van der Waals surface area (Å²) in [6, 6.07) is 0.334. The predicted octanol–water partition coefficient (Wildman–Crippen LogP) is 2.71. The number of rotatable bonds is 3. The van der Waals surface area contributed by atoms with E-state index >= 15 is 0 Å². The summed E-state index contributed by atoms with van der Waals surface area (Å²) in [5.74, 6) is -0.588. The highest BCUT2D eigenvalue weighted by atomic mass is 16.6. The third-order valence-corrected chi connectivity index (χ3v) is 4.94. The number of nitrogens with one attached hydrogen (secondary N) is 1. The fourth-order valence-corrected chi connectivity index (χ4v) is 3.78. The molecule has 0 aromatic rings. The standard InChI is InChI=1S/C18H32N2O4/c1-18(2,3)24-17(22)19-15-10-11-20(12-14(15)16(21)23-4)13-8-6-5-7-9-13/h13-15H,5-12H2,1-4H3,(H,19,22)/t14-,15-/m1/s1. The van der Waals surface area contributed by atoms with Crippen LogP contribution in [0.3, 0.4) is 0 Å². The summed E-state index contributed by atoms with van der Waals surface area (Å²) in [6.07, 6.45) is 6.54. The molecule has 1 aliphatic carbocycles. The summed E-state index contributed by atoms with van der Waals surface area (Å²) in [5, 5.41) is 2.88. The van der Waals surface area contributed by atoms with Crippen molar-refractivity contribution in [3.63, 3.8) is 0 Å². The van der Waals surface area contributed by atoms with Gasteiger partial charge in [0.2, 0.25) is 0 Å². The molecule has 0 aromatic carbocycles. The monoisotopic (exact) mass is 340 g/mol. The van der Waals surface area contributed by atoms with Crippen molar-refractivity contribution in [3.05, 3.63) is 0 Å². The normalized spacial score (nSPS) is 26.7. The molecule has 6 heteroatoms. The fourth-order valence-electron chi connectivity index (χ4n) is 3.78. The van der Waals surface area contributed by atoms with Crippen molar-refractivity contribution in [2.45, 2.75) is 77.0 Å². The molecule has 1 N–H and O–H groups in total. The minimum Gasteiger partial charge on any atom is -0.469 e. The lowest BCUT2D eigenvalue weighted by molar-refractivity contribution is -0.149. The Bertz CT molecular complexity index is 441. The zero-order valence-electron chi connectivity index (χ0n) is 15.5. The van der Waals surface area contributed by atoms with Gasteiger partial charge in [0.25, 0.3) is 0 Å². The molecule has 0 bridgehead atoms. The lowest BCUT2D eigenvalue weighted by Gasteiger charge is -2.42. The van der Waals surface area contributed by atoms with Crippen LogP contribution in [-0.4, -0.2) is 54.8 Å². The van der Waals surface area contributed by atoms with Crippen LogP contribution in [-0.2, 0) is 14.3 Å². The number of nitrogens with zero attached hydrogens (tertiary/aromatic N) is 1. The van der Waals surface area contributed by atoms with Crippen LogP contribution >= 0.6 is 0 Å². The topological polar surface area (TPSA) is 67.9 Å². The molecule has 1 aliphatic heterocycles. The molecule has 1 heterocycles. The van der Waals surface area contributed by atoms with E-state index < -0.39 is 11.7 Å². The van der Waals surface area contributed by atoms with Crippen LogP contribution in [0.2, 0.25) is 0 Å². The van der Waals surface area contributed by atoms with E-state index in [0.717, 1.165) is 13.0 Å². The number of carbonyl (C=O) groups excluding carboxylic acids is 2. The molecule has 2 atom stereocenters. The Labute approximate surface area is 145 Å². The van der Waals surface area contributed by atoms with Crippen molar-refractivity contribution in [2.75, 3.05) is 20.2 Å². The lowest BCUT2D eigenvalue weighted by atomic mass is 9.87. The second kappa shape index (κ2) is 8.19. The second-order valence-electron chi connectivity index (χ2n) is 7.96. The molecule has 0 unspecified atom stereocenters. The van der Waals surface area contributed by atoms with Crippen LogP contribution < -0.4 is 5.32 Å². The lowest BCUT2D eigenvalue weighted by Crippen LogP contribution is -2.56. The van der Waals surface area contributed by atoms with Gasteiger partial charge in [-0.05, 0) is 40.0 Å². The first-order valence-corrected chi connectivity index (χ1v) is 9.11. The zero-order chi connectivity index (χ0) is 17.7. The van der Waals surface area contributed by atoms with Crippen LogP contribution in [0.15, 0.2) is 0 Å². The van der Waals surface area contributed by atoms with Gasteiger partial charge in [0.1, 0.15) is 5.60 Å². The van der Waals surface area contributed by atoms with Gasteiger partial charge in [-0.15, -0.1) is 0 Å². The number of amides is 1. The number of hydrogen-bond donors (Lipinski definition) is 1. The molecule has 138 valence electrons. The maximum absolute atomic E-state index is 12.2. The number of methoxy groups -OCH3 is 1. The van der Waals surface area contributed by atoms with Crippen molar-refractivity contribution in [1.29, 1.82) is 0 Å². The summed E-state index contributed by atoms with van der Waals surface area (Å²) in [6.45, 7) is 7.04. The summed E-state index contributed by atoms with van der Waals surface area (Å²) in [5.41, 5.74) is -0.548. The molecular formula is C18H32N2O4. The highest BCUT2D eigenvalue weighted by Crippen LogP contribution is 2.28. The Balaban J connectivity index is 1.98. The number of hydrogen-bond acceptors (Lipinski definition) is 5. The summed E-state index contributed by atoms with van der Waals surface area (Å²) in [4.78, 5) is 26.7. The summed E-state index contributed by atoms with van der Waals surface area (Å²) < 4.78 is 10.3. The predicted molar refractivity (Wildman–Crippen MR) is 91.7 cm³/mol. The average molecular weight is 340 g/mol. The van der Waals surface area contributed by atoms with E-state index in [1.165, 1.54) is 39.2 Å². The smallest absolute Gasteiger partial charge is 0.407 e.